The second-order valence-electron chi connectivity index (χ2n) is 3.99. The molecule has 2 aromatic rings. The first-order valence-electron chi connectivity index (χ1n) is 5.41. The normalized spacial score (nSPS) is 11.1. The Bertz CT molecular complexity index is 738. The van der Waals surface area contributed by atoms with Crippen molar-refractivity contribution in [3.8, 4) is 0 Å². The number of fused-ring (bicyclic) bond motifs is 1. The van der Waals surface area contributed by atoms with Gasteiger partial charge in [-0.3, -0.25) is 13.9 Å². The van der Waals surface area contributed by atoms with E-state index in [-0.39, 0.29) is 5.28 Å². The number of nitrogens with zero attached hydrogens (tertiary/aromatic N) is 4. The van der Waals surface area contributed by atoms with Gasteiger partial charge in [0.15, 0.2) is 11.2 Å². The second-order valence-corrected chi connectivity index (χ2v) is 4.33. The van der Waals surface area contributed by atoms with E-state index in [2.05, 4.69) is 11.6 Å². The van der Waals surface area contributed by atoms with Gasteiger partial charge in [-0.1, -0.05) is 6.08 Å². The molecular formula is C11H13ClN4O2. The fraction of sp³-hybridized carbons (Fsp3) is 0.364. The van der Waals surface area contributed by atoms with Gasteiger partial charge in [-0.15, -0.1) is 6.58 Å². The first-order chi connectivity index (χ1) is 8.49. The Hall–Kier alpha value is -1.82. The Morgan fingerprint density at radius 1 is 1.33 bits per heavy atom. The smallest absolute Gasteiger partial charge is 0.308 e. The van der Waals surface area contributed by atoms with Crippen molar-refractivity contribution in [2.24, 2.45) is 14.1 Å². The molecule has 0 atom stereocenters. The molecule has 0 bridgehead atoms. The second kappa shape index (κ2) is 4.45. The fourth-order valence-corrected chi connectivity index (χ4v) is 2.09. The van der Waals surface area contributed by atoms with E-state index in [1.165, 1.54) is 11.6 Å². The van der Waals surface area contributed by atoms with Crippen LogP contribution in [0.2, 0.25) is 5.28 Å². The van der Waals surface area contributed by atoms with E-state index in [1.807, 2.05) is 0 Å². The van der Waals surface area contributed by atoms with Gasteiger partial charge >= 0.3 is 5.69 Å². The van der Waals surface area contributed by atoms with Crippen LogP contribution in [0, 0.1) is 0 Å². The van der Waals surface area contributed by atoms with E-state index in [0.717, 1.165) is 4.57 Å². The first-order valence-corrected chi connectivity index (χ1v) is 5.79. The summed E-state index contributed by atoms with van der Waals surface area (Å²) in [7, 11) is 2.99. The average molecular weight is 269 g/mol. The van der Waals surface area contributed by atoms with Crippen molar-refractivity contribution in [2.75, 3.05) is 0 Å². The summed E-state index contributed by atoms with van der Waals surface area (Å²) in [6, 6.07) is 0. The van der Waals surface area contributed by atoms with Gasteiger partial charge in [0.2, 0.25) is 5.28 Å². The maximum absolute atomic E-state index is 12.1. The number of hydrogen-bond donors (Lipinski definition) is 0. The monoisotopic (exact) mass is 268 g/mol. The van der Waals surface area contributed by atoms with Crippen LogP contribution in [0.5, 0.6) is 0 Å². The van der Waals surface area contributed by atoms with Crippen molar-refractivity contribution in [1.29, 1.82) is 0 Å². The van der Waals surface area contributed by atoms with E-state index in [4.69, 9.17) is 11.6 Å². The van der Waals surface area contributed by atoms with Crippen LogP contribution < -0.4 is 11.2 Å². The van der Waals surface area contributed by atoms with Crippen LogP contribution in [0.25, 0.3) is 11.2 Å². The Kier molecular flexibility index (Phi) is 3.13. The Balaban J connectivity index is 2.90. The summed E-state index contributed by atoms with van der Waals surface area (Å²) >= 11 is 6.01. The summed E-state index contributed by atoms with van der Waals surface area (Å²) in [5.74, 6) is 0. The van der Waals surface area contributed by atoms with Crippen LogP contribution in [0.4, 0.5) is 0 Å². The molecule has 2 rings (SSSR count). The SMILES string of the molecule is C=CCCn1c(Cl)nc2c1c(=O)n(C)c(=O)n2C. The lowest BCUT2D eigenvalue weighted by Gasteiger charge is -2.05. The minimum atomic E-state index is -0.419. The van der Waals surface area contributed by atoms with E-state index < -0.39 is 11.2 Å². The summed E-state index contributed by atoms with van der Waals surface area (Å²) in [6.07, 6.45) is 2.39. The standard InChI is InChI=1S/C11H13ClN4O2/c1-4-5-6-16-7-8(13-10(16)12)14(2)11(18)15(3)9(7)17/h4H,1,5-6H2,2-3H3. The highest BCUT2D eigenvalue weighted by molar-refractivity contribution is 6.29. The molecule has 96 valence electrons. The third-order valence-corrected chi connectivity index (χ3v) is 3.15. The third kappa shape index (κ3) is 1.69. The Morgan fingerprint density at radius 2 is 2.00 bits per heavy atom. The van der Waals surface area contributed by atoms with E-state index in [1.54, 1.807) is 17.7 Å². The molecule has 2 heterocycles. The molecule has 0 unspecified atom stereocenters. The number of imidazole rings is 1. The summed E-state index contributed by atoms with van der Waals surface area (Å²) in [4.78, 5) is 27.9. The molecule has 0 radical (unpaired) electrons. The molecule has 0 saturated carbocycles. The van der Waals surface area contributed by atoms with Crippen molar-refractivity contribution < 1.29 is 0 Å². The summed E-state index contributed by atoms with van der Waals surface area (Å²) in [5.41, 5.74) is -0.169. The molecule has 7 heteroatoms. The molecule has 0 saturated heterocycles. The molecule has 0 spiro atoms. The van der Waals surface area contributed by atoms with Crippen LogP contribution in [0.1, 0.15) is 6.42 Å². The van der Waals surface area contributed by atoms with Gasteiger partial charge in [0, 0.05) is 20.6 Å². The minimum absolute atomic E-state index is 0.199. The molecule has 0 aliphatic rings. The molecule has 0 aliphatic heterocycles. The molecule has 0 aliphatic carbocycles. The highest BCUT2D eigenvalue weighted by Gasteiger charge is 2.17. The molecule has 18 heavy (non-hydrogen) atoms. The van der Waals surface area contributed by atoms with Gasteiger partial charge < -0.3 is 4.57 Å². The highest BCUT2D eigenvalue weighted by atomic mass is 35.5. The van der Waals surface area contributed by atoms with Gasteiger partial charge in [0.1, 0.15) is 0 Å². The van der Waals surface area contributed by atoms with E-state index >= 15 is 0 Å². The molecular weight excluding hydrogens is 256 g/mol. The van der Waals surface area contributed by atoms with E-state index in [0.29, 0.717) is 24.1 Å². The van der Waals surface area contributed by atoms with Gasteiger partial charge in [-0.2, -0.15) is 4.98 Å². The van der Waals surface area contributed by atoms with Crippen molar-refractivity contribution in [3.05, 3.63) is 38.8 Å². The van der Waals surface area contributed by atoms with Crippen molar-refractivity contribution in [3.63, 3.8) is 0 Å². The first kappa shape index (κ1) is 12.6. The van der Waals surface area contributed by atoms with Crippen molar-refractivity contribution in [2.45, 2.75) is 13.0 Å². The zero-order chi connectivity index (χ0) is 13.4. The van der Waals surface area contributed by atoms with Crippen LogP contribution >= 0.6 is 11.6 Å². The van der Waals surface area contributed by atoms with Gasteiger partial charge in [-0.25, -0.2) is 4.79 Å². The fourth-order valence-electron chi connectivity index (χ4n) is 1.84. The highest BCUT2D eigenvalue weighted by Crippen LogP contribution is 2.15. The number of aryl methyl sites for hydroxylation is 2. The predicted molar refractivity (Wildman–Crippen MR) is 70.0 cm³/mol. The number of hydrogen-bond acceptors (Lipinski definition) is 3. The lowest BCUT2D eigenvalue weighted by molar-refractivity contribution is 0.691. The van der Waals surface area contributed by atoms with Gasteiger partial charge in [0.25, 0.3) is 5.56 Å². The molecule has 0 N–H and O–H groups in total. The topological polar surface area (TPSA) is 61.8 Å². The zero-order valence-corrected chi connectivity index (χ0v) is 10.9. The minimum Gasteiger partial charge on any atom is -0.308 e. The quantitative estimate of drug-likeness (QED) is 0.607. The number of halogens is 1. The number of aromatic nitrogens is 4. The average Bonchev–Trinajstić information content (AvgIpc) is 2.68. The summed E-state index contributed by atoms with van der Waals surface area (Å²) in [6.45, 7) is 4.13. The molecule has 0 amide bonds. The lowest BCUT2D eigenvalue weighted by atomic mass is 10.4. The van der Waals surface area contributed by atoms with Crippen molar-refractivity contribution >= 4 is 22.8 Å². The molecule has 6 nitrogen and oxygen atoms in total. The maximum Gasteiger partial charge on any atom is 0.332 e. The van der Waals surface area contributed by atoms with Crippen molar-refractivity contribution in [1.82, 2.24) is 18.7 Å². The number of rotatable bonds is 3. The maximum atomic E-state index is 12.1. The third-order valence-electron chi connectivity index (χ3n) is 2.86. The molecule has 2 aromatic heterocycles. The predicted octanol–water partition coefficient (Wildman–Crippen LogP) is 0.663. The summed E-state index contributed by atoms with van der Waals surface area (Å²) < 4.78 is 3.96. The number of allylic oxidation sites excluding steroid dienone is 1. The lowest BCUT2D eigenvalue weighted by Crippen LogP contribution is -2.37. The largest absolute Gasteiger partial charge is 0.332 e. The van der Waals surface area contributed by atoms with Gasteiger partial charge in [-0.05, 0) is 18.0 Å². The summed E-state index contributed by atoms with van der Waals surface area (Å²) in [5, 5.41) is 0.199. The van der Waals surface area contributed by atoms with Crippen LogP contribution in [0.3, 0.4) is 0 Å². The Morgan fingerprint density at radius 3 is 2.61 bits per heavy atom. The van der Waals surface area contributed by atoms with Crippen LogP contribution in [-0.2, 0) is 20.6 Å². The molecule has 0 aromatic carbocycles. The van der Waals surface area contributed by atoms with Crippen LogP contribution in [-0.4, -0.2) is 18.7 Å². The van der Waals surface area contributed by atoms with Crippen LogP contribution in [0.15, 0.2) is 22.2 Å². The Labute approximate surface area is 108 Å². The van der Waals surface area contributed by atoms with E-state index in [9.17, 15) is 9.59 Å². The van der Waals surface area contributed by atoms with Gasteiger partial charge in [0.05, 0.1) is 0 Å². The molecule has 0 fully saturated rings. The zero-order valence-electron chi connectivity index (χ0n) is 10.2.